The highest BCUT2D eigenvalue weighted by atomic mass is 32.2. The third kappa shape index (κ3) is 19.5. The second-order valence-electron chi connectivity index (χ2n) is 20.7. The average molecular weight is 1510 g/mol. The minimum atomic E-state index is -5.48. The zero-order valence-electron chi connectivity index (χ0n) is 52.0. The summed E-state index contributed by atoms with van der Waals surface area (Å²) in [5, 5.41) is 29.4. The van der Waals surface area contributed by atoms with Gasteiger partial charge in [0.05, 0.1) is 60.0 Å². The Labute approximate surface area is 567 Å². The molecule has 13 N–H and O–H groups in total. The summed E-state index contributed by atoms with van der Waals surface area (Å²) in [5.74, 6) is 1.07. The second kappa shape index (κ2) is 32.9. The van der Waals surface area contributed by atoms with Crippen LogP contribution in [0.15, 0.2) is 102 Å². The number of H-pyrrole nitrogens is 1. The number of rotatable bonds is 34. The quantitative estimate of drug-likeness (QED) is 0.00233. The van der Waals surface area contributed by atoms with Crippen LogP contribution >= 0.6 is 23.5 Å². The summed E-state index contributed by atoms with van der Waals surface area (Å²) in [6.45, 7) is -3.08. The van der Waals surface area contributed by atoms with Crippen LogP contribution in [0, 0.1) is 17.3 Å². The number of carbonyl (C=O) groups is 4. The number of azide groups is 2. The van der Waals surface area contributed by atoms with Crippen molar-refractivity contribution < 1.29 is 124 Å². The largest absolute Gasteiger partial charge is 0.492 e. The van der Waals surface area contributed by atoms with Crippen LogP contribution in [0.2, 0.25) is 0 Å². The van der Waals surface area contributed by atoms with Crippen molar-refractivity contribution in [3.8, 4) is 40.0 Å². The van der Waals surface area contributed by atoms with Crippen LogP contribution in [-0.4, -0.2) is 164 Å². The van der Waals surface area contributed by atoms with E-state index >= 15 is 0 Å². The number of hydrogen-bond acceptors (Lipinski definition) is 29. The van der Waals surface area contributed by atoms with Gasteiger partial charge < -0.3 is 69.7 Å². The number of benzene rings is 4. The Kier molecular flexibility index (Phi) is 25.1. The molecule has 2 amide bonds. The predicted molar refractivity (Wildman–Crippen MR) is 344 cm³/mol. The van der Waals surface area contributed by atoms with Gasteiger partial charge in [-0.05, 0) is 77.6 Å². The van der Waals surface area contributed by atoms with Crippen LogP contribution in [-0.2, 0) is 79.9 Å². The lowest BCUT2D eigenvalue weighted by molar-refractivity contribution is -0.126. The predicted octanol–water partition coefficient (Wildman–Crippen LogP) is 5.28. The molecule has 8 rings (SSSR count). The van der Waals surface area contributed by atoms with Crippen molar-refractivity contribution in [1.29, 1.82) is 5.41 Å². The molecule has 47 heteroatoms. The van der Waals surface area contributed by atoms with Crippen LogP contribution in [0.3, 0.4) is 0 Å². The van der Waals surface area contributed by atoms with Crippen LogP contribution in [0.4, 0.5) is 11.6 Å². The number of nitrogen functional groups attached to an aromatic ring is 2. The molecule has 4 heterocycles. The molecule has 2 aromatic heterocycles. The number of aromatic nitrogens is 3. The maximum Gasteiger partial charge on any atom is 0.492 e. The average Bonchev–Trinajstić information content (AvgIpc) is 1.19. The lowest BCUT2D eigenvalue weighted by Gasteiger charge is -2.22. The van der Waals surface area contributed by atoms with Gasteiger partial charge in [0.15, 0.2) is 38.8 Å². The summed E-state index contributed by atoms with van der Waals surface area (Å²) in [6, 6.07) is 13.5. The minimum absolute atomic E-state index is 0.0306. The van der Waals surface area contributed by atoms with E-state index < -0.39 is 155 Å². The number of Topliss-reactive ketones (excluding diaryl/α,β-unsaturated/α-hetero) is 1. The number of carboxylic acid groups (broad SMARTS) is 1. The standard InChI is InChI=1S/C54H57N14O28P3S2/c1-86-97(75,76)95-99(79,87-2)96-98(77,78)92-24-40-39(91-27-62-66-58)22-43(93-40)68-23-30(44-50(68)63-54(57)64-52(44)72)7-4-16-60-41(70)25-88-18-19-89-42(65-67-59)26-90-31-8-3-6-29(20-31)51(71)61-17-5-9-38(69)28-10-11-32(53(73)74)35(21-28)45-33-12-14-36(55)48(100(80,81)82)46(33)94-47-34(45)13-15-37(56)49(47)101(83,84)85/h3,6,8,10-15,20-21,23,39-40,42-43,55H,5,9,16-19,22,24-27,56H2,1-2H3,(H,60,70)(H,61,71)(H,73,74)(H,75,76)(H,77,78)(H,80,81,82)(H,83,84,85)(H3,57,63,64,72). The first-order valence-corrected chi connectivity index (χ1v) is 35.9. The van der Waals surface area contributed by atoms with Gasteiger partial charge in [0.1, 0.15) is 38.0 Å². The van der Waals surface area contributed by atoms with E-state index in [1.54, 1.807) is 0 Å². The number of amides is 2. The fourth-order valence-electron chi connectivity index (χ4n) is 9.81. The topological polar surface area (TPSA) is 643 Å². The first-order chi connectivity index (χ1) is 47.7. The van der Waals surface area contributed by atoms with Crippen molar-refractivity contribution in [2.75, 3.05) is 78.5 Å². The second-order valence-corrected chi connectivity index (χ2v) is 28.5. The molecule has 7 unspecified atom stereocenters. The number of carbonyl (C=O) groups excluding carboxylic acids is 3. The monoisotopic (exact) mass is 1510 g/mol. The molecule has 0 saturated carbocycles. The Morgan fingerprint density at radius 3 is 2.37 bits per heavy atom. The Hall–Kier alpha value is -9.50. The third-order valence-corrected chi connectivity index (χ3v) is 20.6. The zero-order valence-corrected chi connectivity index (χ0v) is 56.3. The van der Waals surface area contributed by atoms with Crippen molar-refractivity contribution >= 4 is 101 Å². The van der Waals surface area contributed by atoms with Gasteiger partial charge in [-0.25, -0.2) is 18.5 Å². The van der Waals surface area contributed by atoms with Crippen LogP contribution in [0.1, 0.15) is 62.1 Å². The van der Waals surface area contributed by atoms with Gasteiger partial charge in [-0.15, -0.1) is 0 Å². The number of carboxylic acids is 1. The maximum atomic E-state index is 13.7. The third-order valence-electron chi connectivity index (χ3n) is 14.1. The normalized spacial score (nSPS) is 16.7. The van der Waals surface area contributed by atoms with Gasteiger partial charge in [-0.3, -0.25) is 52.2 Å². The number of anilines is 2. The number of phosphoric ester groups is 2. The van der Waals surface area contributed by atoms with E-state index in [1.165, 1.54) is 47.2 Å². The highest BCUT2D eigenvalue weighted by Gasteiger charge is 2.46. The van der Waals surface area contributed by atoms with E-state index in [9.17, 15) is 84.0 Å². The van der Waals surface area contributed by atoms with E-state index in [0.29, 0.717) is 14.2 Å². The van der Waals surface area contributed by atoms with Crippen molar-refractivity contribution in [3.05, 3.63) is 132 Å². The first-order valence-electron chi connectivity index (χ1n) is 28.6. The molecule has 2 aliphatic heterocycles. The number of ether oxygens (including phenoxy) is 5. The molecule has 3 aliphatic rings. The molecular weight excluding hydrogens is 1450 g/mol. The number of aromatic carboxylic acids is 1. The number of hydrogen-bond donors (Lipinski definition) is 11. The van der Waals surface area contributed by atoms with Gasteiger partial charge in [0, 0.05) is 77.3 Å². The molecule has 5 aromatic rings. The molecule has 3 aromatic carbocycles. The molecule has 0 radical (unpaired) electrons. The number of phosphoric acid groups is 3. The van der Waals surface area contributed by atoms with E-state index in [4.69, 9.17) is 55.0 Å². The number of nitrogens with one attached hydrogen (secondary N) is 4. The number of fused-ring (bicyclic) bond motifs is 3. The molecule has 101 heavy (non-hydrogen) atoms. The first kappa shape index (κ1) is 77.2. The van der Waals surface area contributed by atoms with Crippen LogP contribution in [0.5, 0.6) is 5.75 Å². The van der Waals surface area contributed by atoms with Crippen molar-refractivity contribution in [2.45, 2.75) is 53.7 Å². The van der Waals surface area contributed by atoms with Gasteiger partial charge in [-0.2, -0.15) is 30.4 Å². The molecule has 42 nitrogen and oxygen atoms in total. The Morgan fingerprint density at radius 2 is 1.67 bits per heavy atom. The molecule has 1 saturated heterocycles. The highest BCUT2D eigenvalue weighted by Crippen LogP contribution is 2.70. The van der Waals surface area contributed by atoms with Gasteiger partial charge in [0.25, 0.3) is 31.7 Å². The summed E-state index contributed by atoms with van der Waals surface area (Å²) in [5.41, 5.74) is 26.4. The molecule has 7 atom stereocenters. The molecular formula is C54H57N14O28P3S2. The summed E-state index contributed by atoms with van der Waals surface area (Å²) in [4.78, 5) is 95.2. The SMILES string of the molecule is COP(=O)(O)OP(=O)(OC)OP(=O)(O)OCC1OC(n2cc(C#CCNC(=O)COCCOC(COc3cccc(C(=O)NCCCC(=O)c4ccc(C(=O)O)c(-c5c6ccc(=N)c(S(=O)(=O)O)c-6oc6c(S(=O)(=O)O)c(N)ccc56)c4)c3)N=[N+]=[N-])c3c(=O)[nH]c(N)nc32)CC1OCN=[N+]=[N-]. The summed E-state index contributed by atoms with van der Waals surface area (Å²) in [6.07, 6.45) is -3.79. The Bertz CT molecular complexity index is 5050. The van der Waals surface area contributed by atoms with E-state index in [-0.39, 0.29) is 114 Å². The maximum absolute atomic E-state index is 13.7. The zero-order chi connectivity index (χ0) is 73.8. The van der Waals surface area contributed by atoms with Gasteiger partial charge >= 0.3 is 29.4 Å². The van der Waals surface area contributed by atoms with Crippen molar-refractivity contribution in [3.63, 3.8) is 0 Å². The smallest absolute Gasteiger partial charge is 0.491 e. The lowest BCUT2D eigenvalue weighted by atomic mass is 9.88. The summed E-state index contributed by atoms with van der Waals surface area (Å²) >= 11 is 0. The van der Waals surface area contributed by atoms with Crippen LogP contribution < -0.4 is 37.8 Å². The van der Waals surface area contributed by atoms with Gasteiger partial charge in [0.2, 0.25) is 11.9 Å². The van der Waals surface area contributed by atoms with Crippen molar-refractivity contribution in [2.24, 2.45) is 10.2 Å². The highest BCUT2D eigenvalue weighted by molar-refractivity contribution is 7.86. The van der Waals surface area contributed by atoms with E-state index in [2.05, 4.69) is 70.2 Å². The molecule has 538 valence electrons. The molecule has 0 bridgehead atoms. The Balaban J connectivity index is 0.814. The lowest BCUT2D eigenvalue weighted by Crippen LogP contribution is -2.29. The van der Waals surface area contributed by atoms with E-state index in [1.807, 2.05) is 0 Å². The number of nitrogens with two attached hydrogens (primary N) is 2. The summed E-state index contributed by atoms with van der Waals surface area (Å²) in [7, 11) is -25.1. The van der Waals surface area contributed by atoms with Crippen LogP contribution in [0.25, 0.3) is 65.3 Å². The molecule has 1 fully saturated rings. The van der Waals surface area contributed by atoms with E-state index in [0.717, 1.165) is 30.3 Å². The summed E-state index contributed by atoms with van der Waals surface area (Å²) < 4.78 is 166. The molecule has 1 aliphatic carbocycles. The van der Waals surface area contributed by atoms with Crippen molar-refractivity contribution in [1.82, 2.24) is 25.2 Å². The fourth-order valence-corrected chi connectivity index (χ4v) is 15.0. The number of nitrogens with zero attached hydrogens (tertiary/aromatic N) is 8. The number of aromatic amines is 1. The van der Waals surface area contributed by atoms with Gasteiger partial charge in [-0.1, -0.05) is 34.2 Å². The fraction of sp³-hybridized carbons (Fsp3) is 0.315. The minimum Gasteiger partial charge on any atom is -0.491 e. The molecule has 0 spiro atoms. The number of ketones is 1. The Morgan fingerprint density at radius 1 is 0.931 bits per heavy atom.